The minimum atomic E-state index is 0.413. The third-order valence-electron chi connectivity index (χ3n) is 6.06. The van der Waals surface area contributed by atoms with Crippen molar-refractivity contribution in [3.05, 3.63) is 59.7 Å². The number of hydrogen-bond acceptors (Lipinski definition) is 5. The lowest BCUT2D eigenvalue weighted by atomic mass is 10.0. The smallest absolute Gasteiger partial charge is 0.118 e. The third-order valence-corrected chi connectivity index (χ3v) is 6.06. The van der Waals surface area contributed by atoms with E-state index in [-0.39, 0.29) is 0 Å². The molecule has 0 unspecified atom stereocenters. The fraction of sp³-hybridized carbons (Fsp3) is 0.500. The molecule has 2 heterocycles. The predicted octanol–water partition coefficient (Wildman–Crippen LogP) is 3.46. The van der Waals surface area contributed by atoms with E-state index in [0.717, 1.165) is 45.1 Å². The summed E-state index contributed by atoms with van der Waals surface area (Å²) in [6.07, 6.45) is 2.60. The van der Waals surface area contributed by atoms with Crippen molar-refractivity contribution in [2.24, 2.45) is 0 Å². The number of hydrogen-bond donors (Lipinski definition) is 1. The number of nitrogens with zero attached hydrogens (tertiary/aromatic N) is 2. The van der Waals surface area contributed by atoms with Crippen LogP contribution in [0.15, 0.2) is 48.5 Å². The summed E-state index contributed by atoms with van der Waals surface area (Å²) in [5, 5.41) is 3.70. The zero-order valence-corrected chi connectivity index (χ0v) is 17.5. The van der Waals surface area contributed by atoms with Crippen LogP contribution in [-0.4, -0.2) is 57.9 Å². The summed E-state index contributed by atoms with van der Waals surface area (Å²) in [6, 6.07) is 17.9. The number of nitrogens with one attached hydrogen (secondary N) is 1. The van der Waals surface area contributed by atoms with Crippen molar-refractivity contribution in [2.45, 2.75) is 25.4 Å². The largest absolute Gasteiger partial charge is 0.497 e. The average molecular weight is 396 g/mol. The molecule has 29 heavy (non-hydrogen) atoms. The van der Waals surface area contributed by atoms with E-state index in [2.05, 4.69) is 63.6 Å². The zero-order valence-electron chi connectivity index (χ0n) is 17.5. The lowest BCUT2D eigenvalue weighted by Gasteiger charge is -2.29. The van der Waals surface area contributed by atoms with Crippen molar-refractivity contribution in [1.82, 2.24) is 10.2 Å². The molecule has 2 aromatic rings. The van der Waals surface area contributed by atoms with Gasteiger partial charge in [0.1, 0.15) is 5.75 Å². The quantitative estimate of drug-likeness (QED) is 0.741. The van der Waals surface area contributed by atoms with E-state index in [1.807, 2.05) is 0 Å². The monoisotopic (exact) mass is 395 g/mol. The summed E-state index contributed by atoms with van der Waals surface area (Å²) in [5.74, 6) is 0.919. The maximum Gasteiger partial charge on any atom is 0.118 e. The van der Waals surface area contributed by atoms with Crippen molar-refractivity contribution < 1.29 is 9.47 Å². The molecule has 0 amide bonds. The minimum Gasteiger partial charge on any atom is -0.497 e. The zero-order chi connectivity index (χ0) is 19.9. The average Bonchev–Trinajstić information content (AvgIpc) is 3.32. The van der Waals surface area contributed by atoms with Gasteiger partial charge in [-0.05, 0) is 61.3 Å². The summed E-state index contributed by atoms with van der Waals surface area (Å²) in [7, 11) is 1.72. The van der Waals surface area contributed by atoms with Crippen molar-refractivity contribution in [3.8, 4) is 5.75 Å². The standard InChI is InChI=1S/C24H33N3O2/c1-28-23-10-6-21(7-11-23)24(27-12-2-3-13-27)19-25-18-20-4-8-22(9-5-20)26-14-16-29-17-15-26/h4-11,24-25H,2-3,12-19H2,1H3/t24-/m1/s1. The number of ether oxygens (including phenoxy) is 2. The molecular formula is C24H33N3O2. The van der Waals surface area contributed by atoms with Crippen molar-refractivity contribution >= 4 is 5.69 Å². The molecule has 1 N–H and O–H groups in total. The Hall–Kier alpha value is -2.08. The van der Waals surface area contributed by atoms with Crippen LogP contribution in [0.4, 0.5) is 5.69 Å². The van der Waals surface area contributed by atoms with Gasteiger partial charge in [0.2, 0.25) is 0 Å². The molecule has 2 aliphatic heterocycles. The Morgan fingerprint density at radius 2 is 1.62 bits per heavy atom. The molecule has 2 aromatic carbocycles. The number of benzene rings is 2. The van der Waals surface area contributed by atoms with Gasteiger partial charge in [0.25, 0.3) is 0 Å². The first-order chi connectivity index (χ1) is 14.3. The van der Waals surface area contributed by atoms with Gasteiger partial charge in [0, 0.05) is 37.9 Å². The highest BCUT2D eigenvalue weighted by molar-refractivity contribution is 5.47. The van der Waals surface area contributed by atoms with Crippen LogP contribution in [0, 0.1) is 0 Å². The van der Waals surface area contributed by atoms with Gasteiger partial charge < -0.3 is 19.7 Å². The Balaban J connectivity index is 1.34. The Bertz CT molecular complexity index is 736. The van der Waals surface area contributed by atoms with E-state index >= 15 is 0 Å². The molecule has 5 nitrogen and oxygen atoms in total. The highest BCUT2D eigenvalue weighted by Gasteiger charge is 2.23. The minimum absolute atomic E-state index is 0.413. The molecular weight excluding hydrogens is 362 g/mol. The van der Waals surface area contributed by atoms with Crippen molar-refractivity contribution in [1.29, 1.82) is 0 Å². The van der Waals surface area contributed by atoms with Crippen LogP contribution in [-0.2, 0) is 11.3 Å². The SMILES string of the molecule is COc1ccc([C@@H](CNCc2ccc(N3CCOCC3)cc2)N2CCCC2)cc1. The second kappa shape index (κ2) is 10.1. The van der Waals surface area contributed by atoms with E-state index in [9.17, 15) is 0 Å². The summed E-state index contributed by atoms with van der Waals surface area (Å²) >= 11 is 0. The fourth-order valence-corrected chi connectivity index (χ4v) is 4.34. The fourth-order valence-electron chi connectivity index (χ4n) is 4.34. The number of rotatable bonds is 8. The van der Waals surface area contributed by atoms with Crippen molar-refractivity contribution in [3.63, 3.8) is 0 Å². The van der Waals surface area contributed by atoms with Gasteiger partial charge in [-0.3, -0.25) is 4.90 Å². The normalized spacial score (nSPS) is 18.7. The Labute approximate surface area is 174 Å². The van der Waals surface area contributed by atoms with Crippen LogP contribution in [0.2, 0.25) is 0 Å². The molecule has 4 rings (SSSR count). The highest BCUT2D eigenvalue weighted by atomic mass is 16.5. The van der Waals surface area contributed by atoms with E-state index in [1.165, 1.54) is 42.7 Å². The molecule has 0 aromatic heterocycles. The molecule has 1 atom stereocenters. The highest BCUT2D eigenvalue weighted by Crippen LogP contribution is 2.26. The summed E-state index contributed by atoms with van der Waals surface area (Å²) in [6.45, 7) is 7.84. The number of likely N-dealkylation sites (tertiary alicyclic amines) is 1. The van der Waals surface area contributed by atoms with Gasteiger partial charge in [-0.15, -0.1) is 0 Å². The molecule has 0 aliphatic carbocycles. The van der Waals surface area contributed by atoms with Gasteiger partial charge in [-0.1, -0.05) is 24.3 Å². The Morgan fingerprint density at radius 3 is 2.28 bits per heavy atom. The van der Waals surface area contributed by atoms with Crippen LogP contribution in [0.3, 0.4) is 0 Å². The topological polar surface area (TPSA) is 37.0 Å². The molecule has 0 saturated carbocycles. The van der Waals surface area contributed by atoms with E-state index < -0.39 is 0 Å². The molecule has 5 heteroatoms. The van der Waals surface area contributed by atoms with Crippen LogP contribution < -0.4 is 15.0 Å². The molecule has 2 saturated heterocycles. The van der Waals surface area contributed by atoms with Gasteiger partial charge >= 0.3 is 0 Å². The van der Waals surface area contributed by atoms with Crippen LogP contribution in [0.1, 0.15) is 30.0 Å². The van der Waals surface area contributed by atoms with Gasteiger partial charge in [0.15, 0.2) is 0 Å². The first kappa shape index (κ1) is 20.2. The molecule has 2 aliphatic rings. The first-order valence-corrected chi connectivity index (χ1v) is 10.8. The number of morpholine rings is 1. The van der Waals surface area contributed by atoms with E-state index in [4.69, 9.17) is 9.47 Å². The van der Waals surface area contributed by atoms with Crippen LogP contribution >= 0.6 is 0 Å². The maximum absolute atomic E-state index is 5.45. The van der Waals surface area contributed by atoms with Crippen LogP contribution in [0.25, 0.3) is 0 Å². The summed E-state index contributed by atoms with van der Waals surface area (Å²) in [4.78, 5) is 5.00. The summed E-state index contributed by atoms with van der Waals surface area (Å²) in [5.41, 5.74) is 3.99. The van der Waals surface area contributed by atoms with Crippen molar-refractivity contribution in [2.75, 3.05) is 57.9 Å². The molecule has 0 radical (unpaired) electrons. The Morgan fingerprint density at radius 1 is 0.931 bits per heavy atom. The third kappa shape index (κ3) is 5.30. The first-order valence-electron chi connectivity index (χ1n) is 10.8. The summed E-state index contributed by atoms with van der Waals surface area (Å²) < 4.78 is 10.8. The number of anilines is 1. The van der Waals surface area contributed by atoms with Crippen LogP contribution in [0.5, 0.6) is 5.75 Å². The maximum atomic E-state index is 5.45. The van der Waals surface area contributed by atoms with Gasteiger partial charge in [0.05, 0.1) is 20.3 Å². The molecule has 2 fully saturated rings. The van der Waals surface area contributed by atoms with E-state index in [0.29, 0.717) is 6.04 Å². The number of methoxy groups -OCH3 is 1. The van der Waals surface area contributed by atoms with Gasteiger partial charge in [-0.25, -0.2) is 0 Å². The Kier molecular flexibility index (Phi) is 7.04. The predicted molar refractivity (Wildman–Crippen MR) is 118 cm³/mol. The molecule has 156 valence electrons. The molecule has 0 spiro atoms. The van der Waals surface area contributed by atoms with Gasteiger partial charge in [-0.2, -0.15) is 0 Å². The van der Waals surface area contributed by atoms with E-state index in [1.54, 1.807) is 7.11 Å². The molecule has 0 bridgehead atoms. The second-order valence-corrected chi connectivity index (χ2v) is 7.93. The lowest BCUT2D eigenvalue weighted by Crippen LogP contribution is -2.36. The lowest BCUT2D eigenvalue weighted by molar-refractivity contribution is 0.122. The second-order valence-electron chi connectivity index (χ2n) is 7.93.